The molecular formula is C15H21NO2Si. The van der Waals surface area contributed by atoms with Gasteiger partial charge in [0.05, 0.1) is 12.3 Å². The van der Waals surface area contributed by atoms with Gasteiger partial charge in [-0.1, -0.05) is 0 Å². The molecule has 102 valence electrons. The molecule has 0 amide bonds. The number of hydrogen-bond acceptors (Lipinski definition) is 3. The van der Waals surface area contributed by atoms with Crippen LogP contribution >= 0.6 is 0 Å². The van der Waals surface area contributed by atoms with Gasteiger partial charge in [0.2, 0.25) is 0 Å². The first-order valence-corrected chi connectivity index (χ1v) is 10.5. The molecule has 1 aromatic rings. The fourth-order valence-corrected chi connectivity index (χ4v) is 5.18. The first-order chi connectivity index (χ1) is 8.93. The van der Waals surface area contributed by atoms with Crippen molar-refractivity contribution in [2.45, 2.75) is 50.9 Å². The molecule has 1 aromatic heterocycles. The molecule has 0 aromatic carbocycles. The van der Waals surface area contributed by atoms with Crippen LogP contribution in [0.2, 0.25) is 19.6 Å². The second-order valence-electron chi connectivity index (χ2n) is 6.90. The minimum absolute atomic E-state index is 0.308. The van der Waals surface area contributed by atoms with Gasteiger partial charge in [0.25, 0.3) is 0 Å². The lowest BCUT2D eigenvalue weighted by Crippen LogP contribution is -2.47. The van der Waals surface area contributed by atoms with Crippen molar-refractivity contribution in [3.05, 3.63) is 23.7 Å². The van der Waals surface area contributed by atoms with Gasteiger partial charge in [-0.3, -0.25) is 0 Å². The fraction of sp³-hybridized carbons (Fsp3) is 0.667. The van der Waals surface area contributed by atoms with Crippen molar-refractivity contribution in [1.82, 2.24) is 0 Å². The van der Waals surface area contributed by atoms with E-state index in [0.717, 1.165) is 31.4 Å². The average Bonchev–Trinajstić information content (AvgIpc) is 2.90. The number of nitrogens with zero attached hydrogens (tertiary/aromatic N) is 1. The minimum atomic E-state index is -1.72. The van der Waals surface area contributed by atoms with E-state index in [1.54, 1.807) is 6.26 Å². The van der Waals surface area contributed by atoms with Crippen LogP contribution in [0.15, 0.2) is 16.7 Å². The van der Waals surface area contributed by atoms with Crippen molar-refractivity contribution in [1.29, 1.82) is 5.26 Å². The molecular weight excluding hydrogens is 254 g/mol. The molecule has 2 aliphatic rings. The lowest BCUT2D eigenvalue weighted by molar-refractivity contribution is 0.0585. The Labute approximate surface area is 115 Å². The first-order valence-electron chi connectivity index (χ1n) is 7.10. The SMILES string of the molecule is C[Si](C)(C)OC1(C#N)CCC2Cc3ccoc3CC21. The van der Waals surface area contributed by atoms with Gasteiger partial charge in [0, 0.05) is 12.3 Å². The lowest BCUT2D eigenvalue weighted by Gasteiger charge is -2.38. The van der Waals surface area contributed by atoms with Crippen LogP contribution in [-0.4, -0.2) is 13.9 Å². The van der Waals surface area contributed by atoms with Gasteiger partial charge in [0.1, 0.15) is 11.4 Å². The summed E-state index contributed by atoms with van der Waals surface area (Å²) < 4.78 is 11.9. The normalized spacial score (nSPS) is 33.6. The third kappa shape index (κ3) is 2.15. The Bertz CT molecular complexity index is 525. The maximum Gasteiger partial charge on any atom is 0.185 e. The summed E-state index contributed by atoms with van der Waals surface area (Å²) in [5.41, 5.74) is 0.766. The molecule has 0 aliphatic heterocycles. The number of nitriles is 1. The zero-order chi connectivity index (χ0) is 13.7. The summed E-state index contributed by atoms with van der Waals surface area (Å²) in [6, 6.07) is 4.61. The Morgan fingerprint density at radius 3 is 2.89 bits per heavy atom. The predicted octanol–water partition coefficient (Wildman–Crippen LogP) is 3.52. The quantitative estimate of drug-likeness (QED) is 0.776. The third-order valence-electron chi connectivity index (χ3n) is 4.46. The molecule has 3 atom stereocenters. The summed E-state index contributed by atoms with van der Waals surface area (Å²) in [7, 11) is -1.72. The van der Waals surface area contributed by atoms with Crippen LogP contribution in [0.5, 0.6) is 0 Å². The molecule has 0 spiro atoms. The van der Waals surface area contributed by atoms with Crippen LogP contribution in [0.4, 0.5) is 0 Å². The summed E-state index contributed by atoms with van der Waals surface area (Å²) in [5.74, 6) is 1.96. The Balaban J connectivity index is 1.91. The Kier molecular flexibility index (Phi) is 2.88. The lowest BCUT2D eigenvalue weighted by atomic mass is 9.76. The molecule has 1 heterocycles. The van der Waals surface area contributed by atoms with Gasteiger partial charge in [-0.2, -0.15) is 5.26 Å². The van der Waals surface area contributed by atoms with Crippen LogP contribution in [0, 0.1) is 23.2 Å². The van der Waals surface area contributed by atoms with E-state index in [9.17, 15) is 5.26 Å². The van der Waals surface area contributed by atoms with Crippen LogP contribution in [0.3, 0.4) is 0 Å². The molecule has 4 heteroatoms. The maximum absolute atomic E-state index is 9.73. The number of hydrogen-bond donors (Lipinski definition) is 0. The van der Waals surface area contributed by atoms with Crippen LogP contribution in [0.1, 0.15) is 24.2 Å². The smallest absolute Gasteiger partial charge is 0.185 e. The van der Waals surface area contributed by atoms with Crippen molar-refractivity contribution in [3.63, 3.8) is 0 Å². The second kappa shape index (κ2) is 4.22. The summed E-state index contributed by atoms with van der Waals surface area (Å²) in [5, 5.41) is 9.73. The number of furan rings is 1. The van der Waals surface area contributed by atoms with Crippen molar-refractivity contribution in [3.8, 4) is 6.07 Å². The zero-order valence-electron chi connectivity index (χ0n) is 11.9. The summed E-state index contributed by atoms with van der Waals surface area (Å²) >= 11 is 0. The molecule has 3 rings (SSSR count). The van der Waals surface area contributed by atoms with Crippen molar-refractivity contribution < 1.29 is 8.84 Å². The van der Waals surface area contributed by atoms with Crippen molar-refractivity contribution >= 4 is 8.32 Å². The van der Waals surface area contributed by atoms with Gasteiger partial charge in [-0.25, -0.2) is 0 Å². The monoisotopic (exact) mass is 275 g/mol. The van der Waals surface area contributed by atoms with Gasteiger partial charge in [-0.05, 0) is 56.5 Å². The van der Waals surface area contributed by atoms with Crippen LogP contribution in [-0.2, 0) is 17.3 Å². The van der Waals surface area contributed by atoms with E-state index >= 15 is 0 Å². The highest BCUT2D eigenvalue weighted by Gasteiger charge is 2.53. The van der Waals surface area contributed by atoms with Crippen molar-refractivity contribution in [2.24, 2.45) is 11.8 Å². The number of fused-ring (bicyclic) bond motifs is 2. The molecule has 0 N–H and O–H groups in total. The fourth-order valence-electron chi connectivity index (χ4n) is 3.79. The highest BCUT2D eigenvalue weighted by atomic mass is 28.4. The van der Waals surface area contributed by atoms with E-state index in [0.29, 0.717) is 11.8 Å². The Morgan fingerprint density at radius 2 is 2.21 bits per heavy atom. The number of rotatable bonds is 2. The molecule has 0 bridgehead atoms. The molecule has 19 heavy (non-hydrogen) atoms. The van der Waals surface area contributed by atoms with Gasteiger partial charge in [0.15, 0.2) is 8.32 Å². The zero-order valence-corrected chi connectivity index (χ0v) is 12.9. The summed E-state index contributed by atoms with van der Waals surface area (Å²) in [6.07, 6.45) is 5.68. The van der Waals surface area contributed by atoms with Gasteiger partial charge >= 0.3 is 0 Å². The Morgan fingerprint density at radius 1 is 1.42 bits per heavy atom. The molecule has 2 aliphatic carbocycles. The third-order valence-corrected chi connectivity index (χ3v) is 5.43. The summed E-state index contributed by atoms with van der Waals surface area (Å²) in [4.78, 5) is 0. The maximum atomic E-state index is 9.73. The average molecular weight is 275 g/mol. The molecule has 0 radical (unpaired) electrons. The van der Waals surface area contributed by atoms with E-state index in [4.69, 9.17) is 8.84 Å². The van der Waals surface area contributed by atoms with E-state index in [1.165, 1.54) is 5.56 Å². The van der Waals surface area contributed by atoms with Crippen LogP contribution in [0.25, 0.3) is 0 Å². The van der Waals surface area contributed by atoms with E-state index < -0.39 is 13.9 Å². The van der Waals surface area contributed by atoms with E-state index in [2.05, 4.69) is 31.8 Å². The predicted molar refractivity (Wildman–Crippen MR) is 75.1 cm³/mol. The highest BCUT2D eigenvalue weighted by molar-refractivity contribution is 6.69. The summed E-state index contributed by atoms with van der Waals surface area (Å²) in [6.45, 7) is 6.50. The highest BCUT2D eigenvalue weighted by Crippen LogP contribution is 2.49. The van der Waals surface area contributed by atoms with E-state index in [-0.39, 0.29) is 0 Å². The molecule has 3 nitrogen and oxygen atoms in total. The van der Waals surface area contributed by atoms with Crippen LogP contribution < -0.4 is 0 Å². The standard InChI is InChI=1S/C15H21NO2Si/c1-19(2,3)18-15(10-16)6-4-11-8-12-5-7-17-14(12)9-13(11)15/h5,7,11,13H,4,6,8-9H2,1-3H3. The topological polar surface area (TPSA) is 46.2 Å². The molecule has 0 saturated heterocycles. The molecule has 1 fully saturated rings. The molecule has 3 unspecified atom stereocenters. The minimum Gasteiger partial charge on any atom is -0.469 e. The Hall–Kier alpha value is -1.05. The van der Waals surface area contributed by atoms with Crippen molar-refractivity contribution in [2.75, 3.05) is 0 Å². The first kappa shape index (κ1) is 13.0. The van der Waals surface area contributed by atoms with Gasteiger partial charge < -0.3 is 8.84 Å². The largest absolute Gasteiger partial charge is 0.469 e. The van der Waals surface area contributed by atoms with E-state index in [1.807, 2.05) is 0 Å². The van der Waals surface area contributed by atoms with Gasteiger partial charge in [-0.15, -0.1) is 0 Å². The second-order valence-corrected chi connectivity index (χ2v) is 11.3. The molecule has 1 saturated carbocycles.